The van der Waals surface area contributed by atoms with E-state index in [2.05, 4.69) is 0 Å². The molecule has 314 valence electrons. The molecule has 59 heavy (non-hydrogen) atoms. The summed E-state index contributed by atoms with van der Waals surface area (Å²) in [6, 6.07) is 12.0. The summed E-state index contributed by atoms with van der Waals surface area (Å²) in [4.78, 5) is 60.4. The third-order valence-electron chi connectivity index (χ3n) is 10.9. The van der Waals surface area contributed by atoms with Crippen LogP contribution in [0.2, 0.25) is 0 Å². The van der Waals surface area contributed by atoms with Gasteiger partial charge in [0.25, 0.3) is 0 Å². The lowest BCUT2D eigenvalue weighted by Crippen LogP contribution is -2.63. The van der Waals surface area contributed by atoms with Crippen LogP contribution >= 0.6 is 0 Å². The molecule has 4 aromatic rings. The maximum atomic E-state index is 15.5. The monoisotopic (exact) mass is 813 g/mol. The molecule has 0 saturated carbocycles. The number of esters is 2. The van der Waals surface area contributed by atoms with Gasteiger partial charge >= 0.3 is 11.9 Å². The molecule has 0 aliphatic carbocycles. The number of rotatable bonds is 13. The van der Waals surface area contributed by atoms with E-state index in [0.29, 0.717) is 50.5 Å². The van der Waals surface area contributed by atoms with Gasteiger partial charge in [0, 0.05) is 23.1 Å². The topological polar surface area (TPSA) is 155 Å². The van der Waals surface area contributed by atoms with Crippen molar-refractivity contribution in [3.63, 3.8) is 0 Å². The molecule has 0 spiro atoms. The molecule has 14 heteroatoms. The zero-order chi connectivity index (χ0) is 42.9. The second-order valence-electron chi connectivity index (χ2n) is 15.3. The number of amides is 1. The van der Waals surface area contributed by atoms with E-state index >= 15 is 9.59 Å². The molecule has 14 nitrogen and oxygen atoms in total. The van der Waals surface area contributed by atoms with E-state index in [0.717, 1.165) is 5.39 Å². The maximum Gasteiger partial charge on any atom is 0.338 e. The Morgan fingerprint density at radius 1 is 0.746 bits per heavy atom. The highest BCUT2D eigenvalue weighted by Crippen LogP contribution is 2.56. The van der Waals surface area contributed by atoms with Gasteiger partial charge in [0.2, 0.25) is 17.4 Å². The first-order valence-electron chi connectivity index (χ1n) is 19.1. The number of fused-ring (bicyclic) bond motifs is 3. The van der Waals surface area contributed by atoms with Gasteiger partial charge in [-0.15, -0.1) is 0 Å². The maximum absolute atomic E-state index is 15.5. The first kappa shape index (κ1) is 42.4. The largest absolute Gasteiger partial charge is 0.496 e. The van der Waals surface area contributed by atoms with Gasteiger partial charge in [0.15, 0.2) is 28.8 Å². The molecule has 1 unspecified atom stereocenters. The van der Waals surface area contributed by atoms with Crippen molar-refractivity contribution in [2.45, 2.75) is 58.2 Å². The van der Waals surface area contributed by atoms with E-state index in [9.17, 15) is 9.59 Å². The molecule has 6 rings (SSSR count). The fourth-order valence-electron chi connectivity index (χ4n) is 8.55. The molecule has 0 N–H and O–H groups in total. The highest BCUT2D eigenvalue weighted by molar-refractivity contribution is 6.10. The number of Topliss-reactive ketones (excluding diaryl/α,β-unsaturated/α-hetero) is 1. The van der Waals surface area contributed by atoms with Crippen molar-refractivity contribution < 1.29 is 61.8 Å². The van der Waals surface area contributed by atoms with Crippen LogP contribution in [0.25, 0.3) is 10.8 Å². The first-order chi connectivity index (χ1) is 28.2. The molecule has 2 heterocycles. The van der Waals surface area contributed by atoms with Gasteiger partial charge in [0.1, 0.15) is 23.9 Å². The highest BCUT2D eigenvalue weighted by Gasteiger charge is 2.57. The summed E-state index contributed by atoms with van der Waals surface area (Å²) in [5.74, 6) is -3.50. The summed E-state index contributed by atoms with van der Waals surface area (Å²) in [7, 11) is 10.2. The molecule has 0 bridgehead atoms. The lowest BCUT2D eigenvalue weighted by Gasteiger charge is -2.49. The van der Waals surface area contributed by atoms with Crippen molar-refractivity contribution >= 4 is 34.4 Å². The molecule has 1 saturated heterocycles. The van der Waals surface area contributed by atoms with Gasteiger partial charge in [-0.2, -0.15) is 0 Å². The predicted octanol–water partition coefficient (Wildman–Crippen LogP) is 6.26. The molecular formula is C45H51NO13. The van der Waals surface area contributed by atoms with Crippen molar-refractivity contribution in [2.24, 2.45) is 11.8 Å². The van der Waals surface area contributed by atoms with Crippen molar-refractivity contribution in [1.82, 2.24) is 4.90 Å². The standard InChI is InChI=1S/C45H51NO13/c1-23-36(52-6)25(20-32(51-5)37(23)53-7)19-29-34(44(50)59-45(2,3)4)35(47)30-21-28-33(39(55-9)41(57-11)40(56-10)38(28)54-8)31(46(30)42(29)48)22-58-43(49)27-18-14-16-24-15-12-13-17-26(24)27/h12-18,20,29-31,34H,19,21-22H2,1-11H3/t29-,30+,31+,34?/m1/s1. The van der Waals surface area contributed by atoms with Crippen molar-refractivity contribution in [3.05, 3.63) is 76.3 Å². The SMILES string of the molecule is COc1cc(C[C@H]2C(=O)N3[C@@H](Cc4c(OC)c(OC)c(OC)c(OC)c4[C@@H]3COC(=O)c3cccc4ccccc34)C(=O)C2C(=O)OC(C)(C)C)c(OC)c(C)c1OC. The minimum atomic E-state index is -1.53. The van der Waals surface area contributed by atoms with Crippen LogP contribution in [-0.4, -0.2) is 96.5 Å². The molecule has 1 fully saturated rings. The number of ketones is 1. The summed E-state index contributed by atoms with van der Waals surface area (Å²) < 4.78 is 52.5. The van der Waals surface area contributed by atoms with Crippen LogP contribution in [0, 0.1) is 18.8 Å². The minimum Gasteiger partial charge on any atom is -0.496 e. The molecule has 2 aliphatic heterocycles. The van der Waals surface area contributed by atoms with Crippen LogP contribution < -0.4 is 33.2 Å². The van der Waals surface area contributed by atoms with Gasteiger partial charge in [-0.05, 0) is 62.6 Å². The average molecular weight is 814 g/mol. The number of hydrogen-bond donors (Lipinski definition) is 0. The highest BCUT2D eigenvalue weighted by atomic mass is 16.6. The van der Waals surface area contributed by atoms with E-state index in [1.165, 1.54) is 54.7 Å². The van der Waals surface area contributed by atoms with Crippen molar-refractivity contribution in [1.29, 1.82) is 0 Å². The number of nitrogens with zero attached hydrogens (tertiary/aromatic N) is 1. The Hall–Kier alpha value is -6.18. The molecule has 4 atom stereocenters. The van der Waals surface area contributed by atoms with E-state index in [4.69, 9.17) is 42.6 Å². The second-order valence-corrected chi connectivity index (χ2v) is 15.3. The summed E-state index contributed by atoms with van der Waals surface area (Å²) in [6.07, 6.45) is -0.234. The third kappa shape index (κ3) is 7.52. The zero-order valence-electron chi connectivity index (χ0n) is 35.3. The number of methoxy groups -OCH3 is 7. The Morgan fingerprint density at radius 3 is 1.97 bits per heavy atom. The molecule has 2 aliphatic rings. The van der Waals surface area contributed by atoms with Crippen LogP contribution in [0.1, 0.15) is 59.4 Å². The van der Waals surface area contributed by atoms with E-state index in [-0.39, 0.29) is 35.8 Å². The minimum absolute atomic E-state index is 0.0988. The lowest BCUT2D eigenvalue weighted by molar-refractivity contribution is -0.176. The van der Waals surface area contributed by atoms with Crippen LogP contribution in [0.3, 0.4) is 0 Å². The number of carbonyl (C=O) groups is 4. The number of carbonyl (C=O) groups excluding carboxylic acids is 4. The van der Waals surface area contributed by atoms with Crippen molar-refractivity contribution in [2.75, 3.05) is 56.4 Å². The van der Waals surface area contributed by atoms with Crippen molar-refractivity contribution in [3.8, 4) is 40.2 Å². The number of piperidine rings is 1. The van der Waals surface area contributed by atoms with Gasteiger partial charge in [-0.3, -0.25) is 14.4 Å². The number of benzene rings is 4. The summed E-state index contributed by atoms with van der Waals surface area (Å²) >= 11 is 0. The van der Waals surface area contributed by atoms with Gasteiger partial charge in [-0.25, -0.2) is 4.79 Å². The Balaban J connectivity index is 1.56. The molecule has 0 radical (unpaired) electrons. The van der Waals surface area contributed by atoms with Crippen LogP contribution in [-0.2, 0) is 36.7 Å². The number of hydrogen-bond acceptors (Lipinski definition) is 13. The molecule has 0 aromatic heterocycles. The number of ether oxygens (including phenoxy) is 9. The Kier molecular flexibility index (Phi) is 12.2. The summed E-state index contributed by atoms with van der Waals surface area (Å²) in [6.45, 7) is 6.44. The lowest BCUT2D eigenvalue weighted by atomic mass is 9.72. The Labute approximate surface area is 343 Å². The average Bonchev–Trinajstić information content (AvgIpc) is 3.21. The van der Waals surface area contributed by atoms with E-state index in [1.54, 1.807) is 45.9 Å². The zero-order valence-corrected chi connectivity index (χ0v) is 35.3. The Bertz CT molecular complexity index is 2290. The Morgan fingerprint density at radius 2 is 1.36 bits per heavy atom. The predicted molar refractivity (Wildman–Crippen MR) is 216 cm³/mol. The van der Waals surface area contributed by atoms with Gasteiger partial charge in [0.05, 0.1) is 73.3 Å². The summed E-state index contributed by atoms with van der Waals surface area (Å²) in [5.41, 5.74) is 1.25. The van der Waals surface area contributed by atoms with Crippen LogP contribution in [0.15, 0.2) is 48.5 Å². The molecular weight excluding hydrogens is 762 g/mol. The van der Waals surface area contributed by atoms with Crippen LogP contribution in [0.5, 0.6) is 40.2 Å². The molecule has 4 aromatic carbocycles. The normalized spacial score (nSPS) is 18.7. The smallest absolute Gasteiger partial charge is 0.338 e. The fraction of sp³-hybridized carbons (Fsp3) is 0.422. The van der Waals surface area contributed by atoms with Crippen LogP contribution in [0.4, 0.5) is 0 Å². The quantitative estimate of drug-likeness (QED) is 0.110. The van der Waals surface area contributed by atoms with Gasteiger partial charge < -0.3 is 47.5 Å². The van der Waals surface area contributed by atoms with E-state index < -0.39 is 59.8 Å². The first-order valence-corrected chi connectivity index (χ1v) is 19.1. The third-order valence-corrected chi connectivity index (χ3v) is 10.9. The molecule has 1 amide bonds. The van der Waals surface area contributed by atoms with E-state index in [1.807, 2.05) is 30.3 Å². The fourth-order valence-corrected chi connectivity index (χ4v) is 8.55. The summed E-state index contributed by atoms with van der Waals surface area (Å²) in [5, 5.41) is 1.51. The van der Waals surface area contributed by atoms with Gasteiger partial charge in [-0.1, -0.05) is 36.4 Å². The second kappa shape index (κ2) is 17.0.